The van der Waals surface area contributed by atoms with Crippen molar-refractivity contribution in [1.82, 2.24) is 10.2 Å². The zero-order chi connectivity index (χ0) is 24.1. The zero-order valence-corrected chi connectivity index (χ0v) is 19.2. The normalized spacial score (nSPS) is 25.2. The fraction of sp³-hybridized carbons (Fsp3) is 0.423. The van der Waals surface area contributed by atoms with Crippen LogP contribution in [0.3, 0.4) is 0 Å². The van der Waals surface area contributed by atoms with Crippen LogP contribution in [0.25, 0.3) is 11.1 Å². The summed E-state index contributed by atoms with van der Waals surface area (Å²) in [4.78, 5) is 39.3. The molecule has 178 valence electrons. The maximum absolute atomic E-state index is 13.3. The van der Waals surface area contributed by atoms with E-state index in [1.807, 2.05) is 43.3 Å². The molecule has 1 unspecified atom stereocenters. The van der Waals surface area contributed by atoms with Crippen LogP contribution in [-0.2, 0) is 19.1 Å². The Morgan fingerprint density at radius 1 is 1.09 bits per heavy atom. The lowest BCUT2D eigenvalue weighted by atomic mass is 9.63. The van der Waals surface area contributed by atoms with E-state index in [0.29, 0.717) is 19.4 Å². The molecular formula is C26H28N2O6. The van der Waals surface area contributed by atoms with Gasteiger partial charge in [-0.15, -0.1) is 0 Å². The Balaban J connectivity index is 1.27. The molecule has 0 spiro atoms. The third kappa shape index (κ3) is 3.44. The number of carbonyl (C=O) groups is 3. The number of hydrogen-bond donors (Lipinski definition) is 2. The number of carbonyl (C=O) groups excluding carboxylic acids is 2. The van der Waals surface area contributed by atoms with Gasteiger partial charge in [0.05, 0.1) is 6.61 Å². The van der Waals surface area contributed by atoms with Gasteiger partial charge < -0.3 is 24.8 Å². The first-order valence-corrected chi connectivity index (χ1v) is 11.4. The second-order valence-corrected chi connectivity index (χ2v) is 9.90. The number of rotatable bonds is 7. The third-order valence-electron chi connectivity index (χ3n) is 7.43. The van der Waals surface area contributed by atoms with Crippen molar-refractivity contribution in [2.45, 2.75) is 37.3 Å². The van der Waals surface area contributed by atoms with Gasteiger partial charge in [-0.2, -0.15) is 0 Å². The molecule has 3 fully saturated rings. The van der Waals surface area contributed by atoms with E-state index in [-0.39, 0.29) is 24.5 Å². The van der Waals surface area contributed by atoms with Gasteiger partial charge in [-0.3, -0.25) is 4.79 Å². The summed E-state index contributed by atoms with van der Waals surface area (Å²) in [5, 5.41) is 12.4. The van der Waals surface area contributed by atoms with Crippen molar-refractivity contribution in [3.8, 4) is 11.1 Å². The van der Waals surface area contributed by atoms with Crippen molar-refractivity contribution >= 4 is 18.0 Å². The van der Waals surface area contributed by atoms with Crippen LogP contribution in [0.2, 0.25) is 0 Å². The molecule has 2 heterocycles. The molecule has 1 atom stereocenters. The van der Waals surface area contributed by atoms with Crippen molar-refractivity contribution in [3.63, 3.8) is 0 Å². The molecule has 2 bridgehead atoms. The first kappa shape index (κ1) is 22.4. The summed E-state index contributed by atoms with van der Waals surface area (Å²) in [7, 11) is 1.43. The first-order chi connectivity index (χ1) is 16.3. The Kier molecular flexibility index (Phi) is 5.36. The molecule has 34 heavy (non-hydrogen) atoms. The van der Waals surface area contributed by atoms with Crippen molar-refractivity contribution in [2.75, 3.05) is 26.9 Å². The number of carboxylic acid groups (broad SMARTS) is 1. The van der Waals surface area contributed by atoms with E-state index in [0.717, 1.165) is 22.3 Å². The lowest BCUT2D eigenvalue weighted by Gasteiger charge is -2.43. The SMILES string of the molecule is COCC(NC(=O)OCC1c2ccccc2-c2ccccc21)C(=O)N1CC2(C)CC1(C(=O)O)C2. The van der Waals surface area contributed by atoms with Crippen LogP contribution in [0.5, 0.6) is 0 Å². The summed E-state index contributed by atoms with van der Waals surface area (Å²) in [6.07, 6.45) is 0.108. The molecule has 4 aliphatic rings. The topological polar surface area (TPSA) is 105 Å². The van der Waals surface area contributed by atoms with E-state index < -0.39 is 29.6 Å². The average Bonchev–Trinajstić information content (AvgIpc) is 3.40. The molecule has 2 N–H and O–H groups in total. The van der Waals surface area contributed by atoms with Gasteiger partial charge in [0.15, 0.2) is 0 Å². The molecule has 6 rings (SSSR count). The predicted octanol–water partition coefficient (Wildman–Crippen LogP) is 3.01. The van der Waals surface area contributed by atoms with Gasteiger partial charge in [0.1, 0.15) is 18.2 Å². The van der Waals surface area contributed by atoms with Crippen LogP contribution in [0.15, 0.2) is 48.5 Å². The van der Waals surface area contributed by atoms with E-state index in [9.17, 15) is 19.5 Å². The minimum absolute atomic E-state index is 0.0774. The Labute approximate surface area is 197 Å². The Hall–Kier alpha value is -3.39. The molecular weight excluding hydrogens is 436 g/mol. The molecule has 2 aliphatic heterocycles. The molecule has 8 heteroatoms. The average molecular weight is 465 g/mol. The minimum atomic E-state index is -1.19. The van der Waals surface area contributed by atoms with E-state index in [1.165, 1.54) is 12.0 Å². The van der Waals surface area contributed by atoms with E-state index in [4.69, 9.17) is 9.47 Å². The number of nitrogens with zero attached hydrogens (tertiary/aromatic N) is 1. The molecule has 1 saturated carbocycles. The highest BCUT2D eigenvalue weighted by Gasteiger charge is 2.69. The second-order valence-electron chi connectivity index (χ2n) is 9.90. The molecule has 2 saturated heterocycles. The summed E-state index contributed by atoms with van der Waals surface area (Å²) in [5.74, 6) is -1.57. The second kappa shape index (κ2) is 8.13. The van der Waals surface area contributed by atoms with Gasteiger partial charge in [-0.25, -0.2) is 9.59 Å². The Morgan fingerprint density at radius 3 is 2.24 bits per heavy atom. The van der Waals surface area contributed by atoms with Gasteiger partial charge in [-0.05, 0) is 40.5 Å². The zero-order valence-electron chi connectivity index (χ0n) is 19.2. The van der Waals surface area contributed by atoms with E-state index in [2.05, 4.69) is 17.4 Å². The molecule has 2 aliphatic carbocycles. The summed E-state index contributed by atoms with van der Waals surface area (Å²) >= 11 is 0. The number of hydrogen-bond acceptors (Lipinski definition) is 5. The summed E-state index contributed by atoms with van der Waals surface area (Å²) < 4.78 is 10.7. The van der Waals surface area contributed by atoms with Crippen molar-refractivity contribution in [2.24, 2.45) is 5.41 Å². The van der Waals surface area contributed by atoms with Crippen LogP contribution < -0.4 is 5.32 Å². The maximum Gasteiger partial charge on any atom is 0.407 e. The van der Waals surface area contributed by atoms with Crippen LogP contribution in [0, 0.1) is 5.41 Å². The van der Waals surface area contributed by atoms with Crippen LogP contribution in [0.4, 0.5) is 4.79 Å². The highest BCUT2D eigenvalue weighted by molar-refractivity contribution is 5.93. The van der Waals surface area contributed by atoms with Crippen LogP contribution in [0.1, 0.15) is 36.8 Å². The number of aliphatic carboxylic acids is 1. The summed E-state index contributed by atoms with van der Waals surface area (Å²) in [6.45, 7) is 2.37. The number of amides is 2. The number of ether oxygens (including phenoxy) is 2. The quantitative estimate of drug-likeness (QED) is 0.653. The number of benzene rings is 2. The molecule has 2 aromatic carbocycles. The summed E-state index contributed by atoms with van der Waals surface area (Å²) in [6, 6.07) is 15.0. The monoisotopic (exact) mass is 464 g/mol. The lowest BCUT2D eigenvalue weighted by Crippen LogP contribution is -2.60. The van der Waals surface area contributed by atoms with Crippen molar-refractivity contribution in [1.29, 1.82) is 0 Å². The smallest absolute Gasteiger partial charge is 0.407 e. The van der Waals surface area contributed by atoms with Crippen molar-refractivity contribution < 1.29 is 29.0 Å². The molecule has 0 radical (unpaired) electrons. The Bertz CT molecular complexity index is 1110. The number of fused-ring (bicyclic) bond motifs is 4. The van der Waals surface area contributed by atoms with Gasteiger partial charge in [0.2, 0.25) is 5.91 Å². The van der Waals surface area contributed by atoms with Crippen LogP contribution in [-0.4, -0.2) is 66.4 Å². The van der Waals surface area contributed by atoms with Gasteiger partial charge >= 0.3 is 12.1 Å². The van der Waals surface area contributed by atoms with Gasteiger partial charge in [0, 0.05) is 19.6 Å². The van der Waals surface area contributed by atoms with E-state index in [1.54, 1.807) is 0 Å². The first-order valence-electron chi connectivity index (χ1n) is 11.4. The van der Waals surface area contributed by atoms with E-state index >= 15 is 0 Å². The maximum atomic E-state index is 13.3. The highest BCUT2D eigenvalue weighted by Crippen LogP contribution is 2.59. The molecule has 8 nitrogen and oxygen atoms in total. The third-order valence-corrected chi connectivity index (χ3v) is 7.43. The summed E-state index contributed by atoms with van der Waals surface area (Å²) in [5.41, 5.74) is 3.04. The molecule has 0 aromatic heterocycles. The fourth-order valence-corrected chi connectivity index (χ4v) is 6.06. The number of methoxy groups -OCH3 is 1. The molecule has 2 amide bonds. The van der Waals surface area contributed by atoms with Gasteiger partial charge in [0.25, 0.3) is 0 Å². The minimum Gasteiger partial charge on any atom is -0.479 e. The van der Waals surface area contributed by atoms with Gasteiger partial charge in [-0.1, -0.05) is 55.5 Å². The molecule has 2 aromatic rings. The fourth-order valence-electron chi connectivity index (χ4n) is 6.06. The number of nitrogens with one attached hydrogen (secondary N) is 1. The number of carboxylic acids is 1. The van der Waals surface area contributed by atoms with Crippen LogP contribution >= 0.6 is 0 Å². The Morgan fingerprint density at radius 2 is 1.68 bits per heavy atom. The standard InChI is InChI=1S/C26H28N2O6/c1-25-13-26(14-25,23(30)31)28(15-25)22(29)21(12-33-2)27-24(32)34-11-20-18-9-5-3-7-16(18)17-8-4-6-10-19(17)20/h3-10,20-21H,11-15H2,1-2H3,(H,27,32)(H,30,31). The van der Waals surface area contributed by atoms with Crippen molar-refractivity contribution in [3.05, 3.63) is 59.7 Å². The highest BCUT2D eigenvalue weighted by atomic mass is 16.5. The lowest BCUT2D eigenvalue weighted by molar-refractivity contribution is -0.160. The largest absolute Gasteiger partial charge is 0.479 e. The predicted molar refractivity (Wildman–Crippen MR) is 123 cm³/mol. The number of alkyl carbamates (subject to hydrolysis) is 1.